The smallest absolute Gasteiger partial charge is 0.174 e. The first-order valence-electron chi connectivity index (χ1n) is 6.61. The van der Waals surface area contributed by atoms with Gasteiger partial charge in [-0.15, -0.1) is 0 Å². The van der Waals surface area contributed by atoms with Gasteiger partial charge in [-0.3, -0.25) is 0 Å². The Labute approximate surface area is 109 Å². The van der Waals surface area contributed by atoms with Gasteiger partial charge in [0.15, 0.2) is 6.61 Å². The predicted molar refractivity (Wildman–Crippen MR) is 71.2 cm³/mol. The van der Waals surface area contributed by atoms with E-state index in [1.807, 2.05) is 24.3 Å². The van der Waals surface area contributed by atoms with Crippen LogP contribution in [0, 0.1) is 17.2 Å². The molecular formula is C15H20N2O. The van der Waals surface area contributed by atoms with Crippen LogP contribution in [0.5, 0.6) is 5.75 Å². The molecule has 0 aromatic heterocycles. The van der Waals surface area contributed by atoms with Gasteiger partial charge in [-0.25, -0.2) is 0 Å². The normalized spacial score (nSPS) is 22.7. The van der Waals surface area contributed by atoms with Crippen LogP contribution >= 0.6 is 0 Å². The molecule has 1 aromatic rings. The highest BCUT2D eigenvalue weighted by Crippen LogP contribution is 2.25. The first-order chi connectivity index (χ1) is 8.79. The number of rotatable bonds is 5. The topological polar surface area (TPSA) is 45.0 Å². The van der Waals surface area contributed by atoms with Crippen LogP contribution in [0.15, 0.2) is 24.3 Å². The second-order valence-electron chi connectivity index (χ2n) is 4.99. The molecular weight excluding hydrogens is 224 g/mol. The molecule has 18 heavy (non-hydrogen) atoms. The Morgan fingerprint density at radius 1 is 1.44 bits per heavy atom. The molecule has 1 N–H and O–H groups in total. The van der Waals surface area contributed by atoms with E-state index in [0.29, 0.717) is 6.04 Å². The van der Waals surface area contributed by atoms with Crippen LogP contribution < -0.4 is 10.1 Å². The molecule has 1 aromatic carbocycles. The lowest BCUT2D eigenvalue weighted by Crippen LogP contribution is -2.30. The maximum atomic E-state index is 8.49. The quantitative estimate of drug-likeness (QED) is 0.866. The second kappa shape index (κ2) is 6.42. The van der Waals surface area contributed by atoms with Gasteiger partial charge in [0.2, 0.25) is 0 Å². The fraction of sp³-hybridized carbons (Fsp3) is 0.533. The molecule has 2 unspecified atom stereocenters. The highest BCUT2D eigenvalue weighted by atomic mass is 16.5. The number of benzene rings is 1. The van der Waals surface area contributed by atoms with Crippen molar-refractivity contribution < 1.29 is 4.74 Å². The van der Waals surface area contributed by atoms with Crippen LogP contribution in [-0.2, 0) is 6.54 Å². The van der Waals surface area contributed by atoms with Crippen LogP contribution in [0.25, 0.3) is 0 Å². The maximum absolute atomic E-state index is 8.49. The average molecular weight is 244 g/mol. The van der Waals surface area contributed by atoms with Gasteiger partial charge in [-0.2, -0.15) is 5.26 Å². The van der Waals surface area contributed by atoms with Gasteiger partial charge in [0.1, 0.15) is 11.8 Å². The largest absolute Gasteiger partial charge is 0.479 e. The Kier molecular flexibility index (Phi) is 4.60. The number of hydrogen-bond acceptors (Lipinski definition) is 3. The number of nitrogens with one attached hydrogen (secondary N) is 1. The van der Waals surface area contributed by atoms with E-state index in [1.54, 1.807) is 0 Å². The Balaban J connectivity index is 1.87. The average Bonchev–Trinajstić information content (AvgIpc) is 2.80. The Hall–Kier alpha value is -1.53. The van der Waals surface area contributed by atoms with Crippen molar-refractivity contribution in [2.24, 2.45) is 5.92 Å². The van der Waals surface area contributed by atoms with E-state index in [-0.39, 0.29) is 6.61 Å². The lowest BCUT2D eigenvalue weighted by atomic mass is 10.1. The summed E-state index contributed by atoms with van der Waals surface area (Å²) in [5.41, 5.74) is 1.21. The molecule has 3 heteroatoms. The minimum Gasteiger partial charge on any atom is -0.479 e. The summed E-state index contributed by atoms with van der Waals surface area (Å²) < 4.78 is 5.30. The molecule has 1 aliphatic carbocycles. The second-order valence-corrected chi connectivity index (χ2v) is 4.99. The van der Waals surface area contributed by atoms with E-state index in [1.165, 1.54) is 24.8 Å². The molecule has 1 saturated carbocycles. The first-order valence-corrected chi connectivity index (χ1v) is 6.61. The summed E-state index contributed by atoms with van der Waals surface area (Å²) >= 11 is 0. The van der Waals surface area contributed by atoms with Gasteiger partial charge in [0, 0.05) is 12.6 Å². The third-order valence-corrected chi connectivity index (χ3v) is 3.63. The van der Waals surface area contributed by atoms with E-state index >= 15 is 0 Å². The number of nitriles is 1. The summed E-state index contributed by atoms with van der Waals surface area (Å²) in [4.78, 5) is 0. The molecule has 0 radical (unpaired) electrons. The molecule has 1 aliphatic rings. The zero-order valence-corrected chi connectivity index (χ0v) is 10.9. The molecule has 0 spiro atoms. The van der Waals surface area contributed by atoms with E-state index in [9.17, 15) is 0 Å². The van der Waals surface area contributed by atoms with Gasteiger partial charge >= 0.3 is 0 Å². The number of ether oxygens (including phenoxy) is 1. The van der Waals surface area contributed by atoms with Crippen molar-refractivity contribution in [3.05, 3.63) is 29.8 Å². The van der Waals surface area contributed by atoms with Gasteiger partial charge in [-0.05, 0) is 36.5 Å². The van der Waals surface area contributed by atoms with Crippen LogP contribution in [0.1, 0.15) is 31.7 Å². The van der Waals surface area contributed by atoms with Gasteiger partial charge in [0.25, 0.3) is 0 Å². The maximum Gasteiger partial charge on any atom is 0.174 e. The van der Waals surface area contributed by atoms with Crippen LogP contribution in [0.4, 0.5) is 0 Å². The fourth-order valence-electron chi connectivity index (χ4n) is 2.56. The Morgan fingerprint density at radius 2 is 2.33 bits per heavy atom. The van der Waals surface area contributed by atoms with Crippen molar-refractivity contribution >= 4 is 0 Å². The minimum absolute atomic E-state index is 0.108. The molecule has 0 heterocycles. The standard InChI is InChI=1S/C15H20N2O/c1-12-4-2-7-15(12)17-11-13-5-3-6-14(10-13)18-9-8-16/h3,5-6,10,12,15,17H,2,4,7,9,11H2,1H3. The van der Waals surface area contributed by atoms with E-state index in [0.717, 1.165) is 18.2 Å². The molecule has 0 aliphatic heterocycles. The van der Waals surface area contributed by atoms with Crippen molar-refractivity contribution in [2.75, 3.05) is 6.61 Å². The zero-order chi connectivity index (χ0) is 12.8. The molecule has 0 amide bonds. The third-order valence-electron chi connectivity index (χ3n) is 3.63. The predicted octanol–water partition coefficient (Wildman–Crippen LogP) is 2.87. The van der Waals surface area contributed by atoms with Gasteiger partial charge in [-0.1, -0.05) is 25.5 Å². The van der Waals surface area contributed by atoms with Crippen LogP contribution in [0.2, 0.25) is 0 Å². The SMILES string of the molecule is CC1CCCC1NCc1cccc(OCC#N)c1. The van der Waals surface area contributed by atoms with Gasteiger partial charge in [0.05, 0.1) is 0 Å². The first kappa shape index (κ1) is 12.9. The molecule has 3 nitrogen and oxygen atoms in total. The Bertz CT molecular complexity index is 425. The molecule has 0 saturated heterocycles. The Morgan fingerprint density at radius 3 is 3.06 bits per heavy atom. The summed E-state index contributed by atoms with van der Waals surface area (Å²) in [7, 11) is 0. The fourth-order valence-corrected chi connectivity index (χ4v) is 2.56. The van der Waals surface area contributed by atoms with Crippen molar-refractivity contribution in [3.8, 4) is 11.8 Å². The van der Waals surface area contributed by atoms with Crippen LogP contribution in [-0.4, -0.2) is 12.6 Å². The van der Waals surface area contributed by atoms with E-state index < -0.39 is 0 Å². The summed E-state index contributed by atoms with van der Waals surface area (Å²) in [6.45, 7) is 3.30. The third kappa shape index (κ3) is 3.48. The molecule has 1 fully saturated rings. The van der Waals surface area contributed by atoms with Crippen molar-refractivity contribution in [1.82, 2.24) is 5.32 Å². The summed E-state index contributed by atoms with van der Waals surface area (Å²) in [6.07, 6.45) is 3.96. The highest BCUT2D eigenvalue weighted by Gasteiger charge is 2.22. The molecule has 0 bridgehead atoms. The number of nitrogens with zero attached hydrogens (tertiary/aromatic N) is 1. The zero-order valence-electron chi connectivity index (χ0n) is 10.9. The van der Waals surface area contributed by atoms with Crippen molar-refractivity contribution in [1.29, 1.82) is 5.26 Å². The molecule has 2 rings (SSSR count). The summed E-state index contributed by atoms with van der Waals surface area (Å²) in [5.74, 6) is 1.55. The summed E-state index contributed by atoms with van der Waals surface area (Å²) in [5, 5.41) is 12.1. The molecule has 2 atom stereocenters. The van der Waals surface area contributed by atoms with Crippen molar-refractivity contribution in [2.45, 2.75) is 38.8 Å². The van der Waals surface area contributed by atoms with Crippen molar-refractivity contribution in [3.63, 3.8) is 0 Å². The lowest BCUT2D eigenvalue weighted by Gasteiger charge is -2.17. The van der Waals surface area contributed by atoms with Crippen LogP contribution in [0.3, 0.4) is 0 Å². The summed E-state index contributed by atoms with van der Waals surface area (Å²) in [6, 6.07) is 10.6. The van der Waals surface area contributed by atoms with Gasteiger partial charge < -0.3 is 10.1 Å². The van der Waals surface area contributed by atoms with E-state index in [2.05, 4.69) is 18.3 Å². The number of hydrogen-bond donors (Lipinski definition) is 1. The highest BCUT2D eigenvalue weighted by molar-refractivity contribution is 5.28. The lowest BCUT2D eigenvalue weighted by molar-refractivity contribution is 0.367. The van der Waals surface area contributed by atoms with E-state index in [4.69, 9.17) is 10.00 Å². The minimum atomic E-state index is 0.108. The monoisotopic (exact) mass is 244 g/mol. The molecule has 96 valence electrons.